The summed E-state index contributed by atoms with van der Waals surface area (Å²) in [5, 5.41) is 6.36. The Morgan fingerprint density at radius 3 is 2.40 bits per heavy atom. The zero-order valence-electron chi connectivity index (χ0n) is 9.47. The fraction of sp³-hybridized carbons (Fsp3) is 0.500. The van der Waals surface area contributed by atoms with Gasteiger partial charge in [-0.1, -0.05) is 0 Å². The van der Waals surface area contributed by atoms with Gasteiger partial charge >= 0.3 is 0 Å². The number of anilines is 1. The lowest BCUT2D eigenvalue weighted by Crippen LogP contribution is -2.37. The lowest BCUT2D eigenvalue weighted by atomic mass is 10.4. The molecular formula is C10H15N5. The van der Waals surface area contributed by atoms with Gasteiger partial charge in [-0.2, -0.15) is 5.10 Å². The molecule has 0 saturated carbocycles. The molecule has 2 heterocycles. The maximum atomic E-state index is 4.46. The zero-order valence-corrected chi connectivity index (χ0v) is 9.47. The number of amidine groups is 1. The van der Waals surface area contributed by atoms with Crippen molar-refractivity contribution >= 4 is 11.7 Å². The highest BCUT2D eigenvalue weighted by molar-refractivity contribution is 5.83. The summed E-state index contributed by atoms with van der Waals surface area (Å²) in [7, 11) is 2.02. The second kappa shape index (κ2) is 3.49. The average Bonchev–Trinajstić information content (AvgIpc) is 2.47. The fourth-order valence-corrected chi connectivity index (χ4v) is 1.59. The van der Waals surface area contributed by atoms with E-state index in [1.807, 2.05) is 25.9 Å². The summed E-state index contributed by atoms with van der Waals surface area (Å²) in [6, 6.07) is 0. The molecule has 1 aromatic heterocycles. The van der Waals surface area contributed by atoms with E-state index in [4.69, 9.17) is 0 Å². The van der Waals surface area contributed by atoms with Gasteiger partial charge in [0.2, 0.25) is 0 Å². The van der Waals surface area contributed by atoms with Gasteiger partial charge < -0.3 is 4.90 Å². The van der Waals surface area contributed by atoms with E-state index < -0.39 is 0 Å². The van der Waals surface area contributed by atoms with E-state index in [1.165, 1.54) is 0 Å². The first-order chi connectivity index (χ1) is 7.11. The van der Waals surface area contributed by atoms with Crippen molar-refractivity contribution in [2.45, 2.75) is 26.9 Å². The normalized spacial score (nSPS) is 20.8. The maximum absolute atomic E-state index is 4.46. The van der Waals surface area contributed by atoms with Crippen LogP contribution in [0.3, 0.4) is 0 Å². The largest absolute Gasteiger partial charge is 0.340 e. The van der Waals surface area contributed by atoms with Crippen molar-refractivity contribution in [2.75, 3.05) is 12.1 Å². The SMILES string of the molecule is CC1=NN(c2nccnc2C)C(C)N1C. The van der Waals surface area contributed by atoms with Crippen LogP contribution in [0.2, 0.25) is 0 Å². The molecule has 0 spiro atoms. The molecule has 0 N–H and O–H groups in total. The molecule has 1 aliphatic heterocycles. The van der Waals surface area contributed by atoms with Crippen molar-refractivity contribution in [1.29, 1.82) is 0 Å². The van der Waals surface area contributed by atoms with Gasteiger partial charge in [0, 0.05) is 19.4 Å². The summed E-state index contributed by atoms with van der Waals surface area (Å²) >= 11 is 0. The predicted molar refractivity (Wildman–Crippen MR) is 59.6 cm³/mol. The molecule has 0 saturated heterocycles. The molecule has 5 heteroatoms. The number of aryl methyl sites for hydroxylation is 1. The van der Waals surface area contributed by atoms with E-state index in [1.54, 1.807) is 12.4 Å². The third kappa shape index (κ3) is 1.54. The van der Waals surface area contributed by atoms with Crippen LogP contribution in [-0.4, -0.2) is 33.9 Å². The molecule has 2 rings (SSSR count). The molecule has 15 heavy (non-hydrogen) atoms. The molecule has 0 radical (unpaired) electrons. The monoisotopic (exact) mass is 205 g/mol. The van der Waals surface area contributed by atoms with Crippen LogP contribution in [0.5, 0.6) is 0 Å². The van der Waals surface area contributed by atoms with E-state index in [0.29, 0.717) is 0 Å². The van der Waals surface area contributed by atoms with Crippen molar-refractivity contribution < 1.29 is 0 Å². The van der Waals surface area contributed by atoms with Gasteiger partial charge in [-0.15, -0.1) is 0 Å². The van der Waals surface area contributed by atoms with Gasteiger partial charge in [0.25, 0.3) is 0 Å². The van der Waals surface area contributed by atoms with E-state index in [0.717, 1.165) is 17.3 Å². The van der Waals surface area contributed by atoms with Crippen molar-refractivity contribution in [2.24, 2.45) is 5.10 Å². The number of hydrogen-bond donors (Lipinski definition) is 0. The summed E-state index contributed by atoms with van der Waals surface area (Å²) in [6.45, 7) is 6.02. The Hall–Kier alpha value is -1.65. The first-order valence-corrected chi connectivity index (χ1v) is 4.96. The summed E-state index contributed by atoms with van der Waals surface area (Å²) in [5.74, 6) is 1.82. The first-order valence-electron chi connectivity index (χ1n) is 4.96. The van der Waals surface area contributed by atoms with Gasteiger partial charge in [-0.3, -0.25) is 4.98 Å². The van der Waals surface area contributed by atoms with Crippen molar-refractivity contribution in [3.8, 4) is 0 Å². The molecule has 80 valence electrons. The van der Waals surface area contributed by atoms with Crippen LogP contribution < -0.4 is 5.01 Å². The summed E-state index contributed by atoms with van der Waals surface area (Å²) < 4.78 is 0. The Labute approximate surface area is 89.4 Å². The second-order valence-electron chi connectivity index (χ2n) is 3.70. The van der Waals surface area contributed by atoms with E-state index in [-0.39, 0.29) is 6.17 Å². The van der Waals surface area contributed by atoms with Gasteiger partial charge in [0.05, 0.1) is 5.69 Å². The molecule has 1 unspecified atom stereocenters. The molecule has 0 aliphatic carbocycles. The Kier molecular flexibility index (Phi) is 2.30. The number of rotatable bonds is 1. The molecule has 0 bridgehead atoms. The lowest BCUT2D eigenvalue weighted by molar-refractivity contribution is 0.409. The number of hydrogen-bond acceptors (Lipinski definition) is 5. The molecule has 0 aromatic carbocycles. The summed E-state index contributed by atoms with van der Waals surface area (Å²) in [6.07, 6.45) is 3.58. The van der Waals surface area contributed by atoms with Crippen LogP contribution in [0.1, 0.15) is 19.5 Å². The Morgan fingerprint density at radius 2 is 1.87 bits per heavy atom. The maximum Gasteiger partial charge on any atom is 0.172 e. The van der Waals surface area contributed by atoms with Crippen molar-refractivity contribution in [3.05, 3.63) is 18.1 Å². The highest BCUT2D eigenvalue weighted by Crippen LogP contribution is 2.23. The van der Waals surface area contributed by atoms with Gasteiger partial charge in [-0.05, 0) is 20.8 Å². The van der Waals surface area contributed by atoms with Crippen molar-refractivity contribution in [3.63, 3.8) is 0 Å². The minimum Gasteiger partial charge on any atom is -0.340 e. The molecule has 1 atom stereocenters. The van der Waals surface area contributed by atoms with Crippen molar-refractivity contribution in [1.82, 2.24) is 14.9 Å². The smallest absolute Gasteiger partial charge is 0.172 e. The van der Waals surface area contributed by atoms with Crippen LogP contribution in [0.4, 0.5) is 5.82 Å². The van der Waals surface area contributed by atoms with Crippen LogP contribution in [-0.2, 0) is 0 Å². The Morgan fingerprint density at radius 1 is 1.20 bits per heavy atom. The number of nitrogens with zero attached hydrogens (tertiary/aromatic N) is 5. The van der Waals surface area contributed by atoms with Crippen LogP contribution in [0, 0.1) is 6.92 Å². The zero-order chi connectivity index (χ0) is 11.0. The van der Waals surface area contributed by atoms with Gasteiger partial charge in [-0.25, -0.2) is 9.99 Å². The molecule has 0 fully saturated rings. The van der Waals surface area contributed by atoms with E-state index >= 15 is 0 Å². The fourth-order valence-electron chi connectivity index (χ4n) is 1.59. The molecular weight excluding hydrogens is 190 g/mol. The second-order valence-corrected chi connectivity index (χ2v) is 3.70. The van der Waals surface area contributed by atoms with E-state index in [2.05, 4.69) is 26.9 Å². The quantitative estimate of drug-likeness (QED) is 0.691. The summed E-state index contributed by atoms with van der Waals surface area (Å²) in [5.41, 5.74) is 0.899. The highest BCUT2D eigenvalue weighted by Gasteiger charge is 2.28. The minimum absolute atomic E-state index is 0.195. The van der Waals surface area contributed by atoms with Gasteiger partial charge in [0.15, 0.2) is 5.82 Å². The average molecular weight is 205 g/mol. The third-order valence-electron chi connectivity index (χ3n) is 2.75. The Bertz CT molecular complexity index is 401. The minimum atomic E-state index is 0.195. The van der Waals surface area contributed by atoms with Crippen LogP contribution in [0.15, 0.2) is 17.5 Å². The molecule has 1 aliphatic rings. The first kappa shape index (κ1) is 9.89. The lowest BCUT2D eigenvalue weighted by Gasteiger charge is -2.24. The number of aromatic nitrogens is 2. The highest BCUT2D eigenvalue weighted by atomic mass is 15.6. The third-order valence-corrected chi connectivity index (χ3v) is 2.75. The Balaban J connectivity index is 2.38. The van der Waals surface area contributed by atoms with Crippen LogP contribution >= 0.6 is 0 Å². The van der Waals surface area contributed by atoms with E-state index in [9.17, 15) is 0 Å². The standard InChI is InChI=1S/C10H15N5/c1-7-10(12-6-5-11-7)15-9(3)14(4)8(2)13-15/h5-6,9H,1-4H3. The van der Waals surface area contributed by atoms with Gasteiger partial charge in [0.1, 0.15) is 12.0 Å². The molecule has 5 nitrogen and oxygen atoms in total. The van der Waals surface area contributed by atoms with Crippen LogP contribution in [0.25, 0.3) is 0 Å². The number of hydrazone groups is 1. The predicted octanol–water partition coefficient (Wildman–Crippen LogP) is 1.22. The topological polar surface area (TPSA) is 44.6 Å². The summed E-state index contributed by atoms with van der Waals surface area (Å²) in [4.78, 5) is 10.6. The molecule has 0 amide bonds. The molecule has 1 aromatic rings.